The van der Waals surface area contributed by atoms with Crippen LogP contribution in [0.15, 0.2) is 36.4 Å². The van der Waals surface area contributed by atoms with Gasteiger partial charge in [-0.2, -0.15) is 11.8 Å². The van der Waals surface area contributed by atoms with Gasteiger partial charge in [0.2, 0.25) is 0 Å². The van der Waals surface area contributed by atoms with Crippen LogP contribution in [0.1, 0.15) is 44.0 Å². The van der Waals surface area contributed by atoms with Crippen molar-refractivity contribution in [3.05, 3.63) is 53.5 Å². The first-order valence-electron chi connectivity index (χ1n) is 11.2. The monoisotopic (exact) mass is 504 g/mol. The smallest absolute Gasteiger partial charge is 0.410 e. The summed E-state index contributed by atoms with van der Waals surface area (Å²) in [5, 5.41) is -0.640. The third-order valence-electron chi connectivity index (χ3n) is 5.36. The Kier molecular flexibility index (Phi) is 9.07. The van der Waals surface area contributed by atoms with E-state index in [4.69, 9.17) is 19.4 Å². The summed E-state index contributed by atoms with van der Waals surface area (Å²) in [6.07, 6.45) is 1.11. The summed E-state index contributed by atoms with van der Waals surface area (Å²) < 4.78 is 10.9. The predicted octanol–water partition coefficient (Wildman–Crippen LogP) is 4.70. The lowest BCUT2D eigenvalue weighted by atomic mass is 9.95. The largest absolute Gasteiger partial charge is 0.447 e. The number of piperazine rings is 1. The number of thioether (sulfide) groups is 1. The Morgan fingerprint density at radius 1 is 1.12 bits per heavy atom. The van der Waals surface area contributed by atoms with Crippen LogP contribution in [-0.2, 0) is 21.5 Å². The molecule has 1 aliphatic rings. The van der Waals surface area contributed by atoms with E-state index in [1.165, 1.54) is 0 Å². The van der Waals surface area contributed by atoms with E-state index in [1.54, 1.807) is 16.7 Å². The number of ether oxygens (including phenoxy) is 2. The van der Waals surface area contributed by atoms with Gasteiger partial charge in [-0.3, -0.25) is 0 Å². The molecule has 10 heteroatoms. The minimum Gasteiger partial charge on any atom is -0.447 e. The van der Waals surface area contributed by atoms with Crippen LogP contribution in [0.2, 0.25) is 0 Å². The molecule has 1 aromatic carbocycles. The Balaban J connectivity index is 1.71. The van der Waals surface area contributed by atoms with E-state index in [0.717, 1.165) is 11.4 Å². The van der Waals surface area contributed by atoms with Crippen LogP contribution in [0.3, 0.4) is 0 Å². The SMILES string of the molecule is CSCC(OC(=O)S)c1cc(N2CCN(C(=O)OCc3ccccc3)CC2)nc(C(C)(C)C)n1. The molecule has 0 spiro atoms. The summed E-state index contributed by atoms with van der Waals surface area (Å²) in [4.78, 5) is 37.4. The van der Waals surface area contributed by atoms with Crippen LogP contribution in [0.4, 0.5) is 15.4 Å². The second-order valence-corrected chi connectivity index (χ2v) is 10.3. The molecule has 0 N–H and O–H groups in total. The fourth-order valence-corrected chi connectivity index (χ4v) is 4.17. The highest BCUT2D eigenvalue weighted by atomic mass is 32.2. The van der Waals surface area contributed by atoms with Crippen molar-refractivity contribution >= 4 is 41.6 Å². The molecular weight excluding hydrogens is 472 g/mol. The first kappa shape index (κ1) is 26.2. The van der Waals surface area contributed by atoms with Crippen LogP contribution in [0.5, 0.6) is 0 Å². The first-order valence-corrected chi connectivity index (χ1v) is 13.0. The van der Waals surface area contributed by atoms with E-state index in [1.807, 2.05) is 63.4 Å². The summed E-state index contributed by atoms with van der Waals surface area (Å²) >= 11 is 5.35. The van der Waals surface area contributed by atoms with E-state index in [2.05, 4.69) is 17.5 Å². The number of thiol groups is 1. The van der Waals surface area contributed by atoms with E-state index in [9.17, 15) is 9.59 Å². The van der Waals surface area contributed by atoms with E-state index >= 15 is 0 Å². The maximum Gasteiger partial charge on any atom is 0.410 e. The molecular formula is C24H32N4O4S2. The molecule has 1 fully saturated rings. The minimum atomic E-state index is -0.640. The van der Waals surface area contributed by atoms with Gasteiger partial charge in [-0.25, -0.2) is 19.6 Å². The fraction of sp³-hybridized carbons (Fsp3) is 0.500. The van der Waals surface area contributed by atoms with Crippen LogP contribution in [0.25, 0.3) is 0 Å². The maximum atomic E-state index is 12.5. The highest BCUT2D eigenvalue weighted by Crippen LogP contribution is 2.28. The van der Waals surface area contributed by atoms with Gasteiger partial charge >= 0.3 is 11.4 Å². The van der Waals surface area contributed by atoms with Crippen LogP contribution in [-0.4, -0.2) is 64.5 Å². The van der Waals surface area contributed by atoms with Crippen molar-refractivity contribution in [3.63, 3.8) is 0 Å². The lowest BCUT2D eigenvalue weighted by Gasteiger charge is -2.35. The quantitative estimate of drug-likeness (QED) is 0.429. The summed E-state index contributed by atoms with van der Waals surface area (Å²) in [5.74, 6) is 1.99. The number of nitrogens with zero attached hydrogens (tertiary/aromatic N) is 4. The normalized spacial score (nSPS) is 15.1. The second-order valence-electron chi connectivity index (χ2n) is 9.07. The van der Waals surface area contributed by atoms with Crippen molar-refractivity contribution in [2.75, 3.05) is 43.1 Å². The highest BCUT2D eigenvalue weighted by Gasteiger charge is 2.28. The van der Waals surface area contributed by atoms with Gasteiger partial charge in [-0.15, -0.1) is 0 Å². The van der Waals surface area contributed by atoms with Crippen LogP contribution in [0, 0.1) is 0 Å². The van der Waals surface area contributed by atoms with Crippen molar-refractivity contribution in [1.29, 1.82) is 0 Å². The van der Waals surface area contributed by atoms with E-state index in [-0.39, 0.29) is 18.1 Å². The molecule has 0 saturated carbocycles. The zero-order chi connectivity index (χ0) is 24.7. The Bertz CT molecular complexity index is 977. The summed E-state index contributed by atoms with van der Waals surface area (Å²) in [6.45, 7) is 8.67. The molecule has 0 bridgehead atoms. The number of hydrogen-bond acceptors (Lipinski definition) is 8. The van der Waals surface area contributed by atoms with Crippen molar-refractivity contribution in [2.24, 2.45) is 0 Å². The van der Waals surface area contributed by atoms with E-state index in [0.29, 0.717) is 43.5 Å². The van der Waals surface area contributed by atoms with Crippen LogP contribution >= 0.6 is 24.4 Å². The highest BCUT2D eigenvalue weighted by molar-refractivity contribution is 7.98. The summed E-state index contributed by atoms with van der Waals surface area (Å²) in [5.41, 5.74) is 1.32. The Hall–Kier alpha value is -2.46. The van der Waals surface area contributed by atoms with Crippen molar-refractivity contribution < 1.29 is 19.1 Å². The molecule has 1 aromatic heterocycles. The number of benzene rings is 1. The zero-order valence-corrected chi connectivity index (χ0v) is 21.8. The van der Waals surface area contributed by atoms with Gasteiger partial charge in [0.25, 0.3) is 0 Å². The number of rotatable bonds is 7. The van der Waals surface area contributed by atoms with Crippen molar-refractivity contribution in [3.8, 4) is 0 Å². The van der Waals surface area contributed by atoms with Crippen LogP contribution < -0.4 is 4.90 Å². The molecule has 1 aliphatic heterocycles. The van der Waals surface area contributed by atoms with Gasteiger partial charge in [-0.05, 0) is 11.8 Å². The first-order chi connectivity index (χ1) is 16.2. The van der Waals surface area contributed by atoms with Gasteiger partial charge in [0, 0.05) is 43.4 Å². The van der Waals surface area contributed by atoms with Gasteiger partial charge in [0.1, 0.15) is 18.2 Å². The number of hydrogen-bond donors (Lipinski definition) is 1. The fourth-order valence-electron chi connectivity index (χ4n) is 3.50. The van der Waals surface area contributed by atoms with Crippen molar-refractivity contribution in [2.45, 2.75) is 38.9 Å². The molecule has 2 heterocycles. The molecule has 0 radical (unpaired) electrons. The molecule has 0 aliphatic carbocycles. The van der Waals surface area contributed by atoms with Gasteiger partial charge in [0.15, 0.2) is 6.10 Å². The Labute approximate surface area is 210 Å². The lowest BCUT2D eigenvalue weighted by Crippen LogP contribution is -2.49. The maximum absolute atomic E-state index is 12.5. The number of carbonyl (C=O) groups is 2. The molecule has 3 rings (SSSR count). The molecule has 1 atom stereocenters. The third kappa shape index (κ3) is 7.27. The molecule has 1 amide bonds. The molecule has 8 nitrogen and oxygen atoms in total. The minimum absolute atomic E-state index is 0.255. The topological polar surface area (TPSA) is 84.9 Å². The second kappa shape index (κ2) is 11.8. The average molecular weight is 505 g/mol. The van der Waals surface area contributed by atoms with Crippen molar-refractivity contribution in [1.82, 2.24) is 14.9 Å². The predicted molar refractivity (Wildman–Crippen MR) is 138 cm³/mol. The number of amides is 1. The standard InChI is InChI=1S/C24H32N4O4S2/c1-24(2,3)21-25-18(19(16-34-4)32-23(30)33)14-20(26-21)27-10-12-28(13-11-27)22(29)31-15-17-8-6-5-7-9-17/h5-9,14,19H,10-13,15-16H2,1-4H3,(H,30,33). The molecule has 2 aromatic rings. The lowest BCUT2D eigenvalue weighted by molar-refractivity contribution is 0.0941. The molecule has 1 unspecified atom stereocenters. The van der Waals surface area contributed by atoms with E-state index < -0.39 is 11.4 Å². The number of carbonyl (C=O) groups excluding carboxylic acids is 2. The Morgan fingerprint density at radius 3 is 2.38 bits per heavy atom. The third-order valence-corrected chi connectivity index (χ3v) is 6.10. The average Bonchev–Trinajstić information content (AvgIpc) is 2.82. The molecule has 34 heavy (non-hydrogen) atoms. The van der Waals surface area contributed by atoms with Gasteiger partial charge < -0.3 is 19.3 Å². The summed E-state index contributed by atoms with van der Waals surface area (Å²) in [7, 11) is 0. The zero-order valence-electron chi connectivity index (χ0n) is 20.1. The molecule has 1 saturated heterocycles. The number of aromatic nitrogens is 2. The summed E-state index contributed by atoms with van der Waals surface area (Å²) in [6, 6.07) is 11.5. The number of anilines is 1. The van der Waals surface area contributed by atoms with Gasteiger partial charge in [0.05, 0.1) is 5.69 Å². The molecule has 184 valence electrons. The van der Waals surface area contributed by atoms with Gasteiger partial charge in [-0.1, -0.05) is 63.7 Å². The Morgan fingerprint density at radius 2 is 1.79 bits per heavy atom.